The van der Waals surface area contributed by atoms with Crippen molar-refractivity contribution in [3.8, 4) is 0 Å². The minimum absolute atomic E-state index is 0.534. The van der Waals surface area contributed by atoms with Crippen LogP contribution in [0.15, 0.2) is 82.2 Å². The van der Waals surface area contributed by atoms with Crippen molar-refractivity contribution in [1.29, 1.82) is 0 Å². The first-order chi connectivity index (χ1) is 14.8. The number of benzene rings is 3. The van der Waals surface area contributed by atoms with Gasteiger partial charge in [0.2, 0.25) is 0 Å². The topological polar surface area (TPSA) is 12.4 Å². The minimum atomic E-state index is 0.534. The van der Waals surface area contributed by atoms with Crippen LogP contribution in [0.4, 0.5) is 0 Å². The number of thioether (sulfide) groups is 1. The maximum atomic E-state index is 4.09. The van der Waals surface area contributed by atoms with Crippen LogP contribution in [0.1, 0.15) is 42.4 Å². The van der Waals surface area contributed by atoms with Crippen LogP contribution in [-0.4, -0.2) is 6.21 Å². The van der Waals surface area contributed by atoms with Crippen LogP contribution >= 0.6 is 11.8 Å². The third-order valence-corrected chi connectivity index (χ3v) is 6.88. The Morgan fingerprint density at radius 1 is 0.900 bits per heavy atom. The Morgan fingerprint density at radius 2 is 1.77 bits per heavy atom. The molecule has 1 atom stereocenters. The molecule has 1 unspecified atom stereocenters. The van der Waals surface area contributed by atoms with Crippen LogP contribution in [0, 0.1) is 10.4 Å². The van der Waals surface area contributed by atoms with Gasteiger partial charge in [-0.2, -0.15) is 0 Å². The Bertz CT molecular complexity index is 1360. The number of rotatable bonds is 0. The van der Waals surface area contributed by atoms with Gasteiger partial charge >= 0.3 is 0 Å². The van der Waals surface area contributed by atoms with E-state index in [-0.39, 0.29) is 0 Å². The molecule has 3 aromatic carbocycles. The molecule has 0 N–H and O–H groups in total. The van der Waals surface area contributed by atoms with E-state index in [2.05, 4.69) is 72.6 Å². The van der Waals surface area contributed by atoms with Gasteiger partial charge in [-0.25, -0.2) is 0 Å². The average Bonchev–Trinajstić information content (AvgIpc) is 3.05. The van der Waals surface area contributed by atoms with Crippen LogP contribution in [0.25, 0.3) is 12.2 Å². The van der Waals surface area contributed by atoms with Crippen molar-refractivity contribution >= 4 is 30.1 Å². The predicted octanol–water partition coefficient (Wildman–Crippen LogP) is 5.67. The summed E-state index contributed by atoms with van der Waals surface area (Å²) >= 11 is 1.70. The highest BCUT2D eigenvalue weighted by Gasteiger charge is 2.16. The highest BCUT2D eigenvalue weighted by molar-refractivity contribution is 8.02. The summed E-state index contributed by atoms with van der Waals surface area (Å²) in [6.07, 6.45) is 12.3. The smallest absolute Gasteiger partial charge is 0.0351 e. The molecule has 0 fully saturated rings. The minimum Gasteiger partial charge on any atom is -0.264 e. The molecule has 2 aliphatic carbocycles. The van der Waals surface area contributed by atoms with Crippen molar-refractivity contribution in [2.75, 3.05) is 0 Å². The van der Waals surface area contributed by atoms with Gasteiger partial charge in [0.1, 0.15) is 0 Å². The Morgan fingerprint density at radius 3 is 2.73 bits per heavy atom. The van der Waals surface area contributed by atoms with E-state index >= 15 is 0 Å². The normalized spacial score (nSPS) is 17.6. The quantitative estimate of drug-likeness (QED) is 0.468. The summed E-state index contributed by atoms with van der Waals surface area (Å²) in [4.78, 5) is 5.35. The summed E-state index contributed by atoms with van der Waals surface area (Å²) in [7, 11) is 0. The zero-order valence-corrected chi connectivity index (χ0v) is 18.0. The molecule has 0 saturated carbocycles. The fourth-order valence-electron chi connectivity index (χ4n) is 4.64. The van der Waals surface area contributed by atoms with E-state index in [4.69, 9.17) is 0 Å². The van der Waals surface area contributed by atoms with Crippen molar-refractivity contribution in [3.05, 3.63) is 110 Å². The Hall–Kier alpha value is -2.84. The molecule has 6 rings (SSSR count). The van der Waals surface area contributed by atoms with Crippen molar-refractivity contribution in [3.63, 3.8) is 0 Å². The summed E-state index contributed by atoms with van der Waals surface area (Å²) in [5.41, 5.74) is 4.37. The molecule has 148 valence electrons. The highest BCUT2D eigenvalue weighted by atomic mass is 32.2. The largest absolute Gasteiger partial charge is 0.264 e. The maximum Gasteiger partial charge on any atom is 0.0351 e. The van der Waals surface area contributed by atoms with E-state index in [0.29, 0.717) is 5.92 Å². The Labute approximate surface area is 181 Å². The first-order valence-electron chi connectivity index (χ1n) is 10.7. The van der Waals surface area contributed by atoms with Gasteiger partial charge in [0.25, 0.3) is 0 Å². The van der Waals surface area contributed by atoms with E-state index in [1.54, 1.807) is 22.9 Å². The van der Waals surface area contributed by atoms with E-state index in [1.165, 1.54) is 50.6 Å². The molecule has 0 radical (unpaired) electrons. The lowest BCUT2D eigenvalue weighted by atomic mass is 9.84. The molecule has 0 saturated heterocycles. The molecule has 1 heterocycles. The van der Waals surface area contributed by atoms with Gasteiger partial charge in [-0.05, 0) is 62.7 Å². The standard InChI is InChI=1S/C19H18.C9H7NS/c1-13-12-15-7-3-4-8-16(15)18-11-10-14-6-2-5-9-17(14)19(13)18;1-2-4-9-8(3-1)7-10-5-6-11-9/h3-4,6-8,10-13H,2,5,9H2,1H3;1-7H. The number of nitrogens with zero attached hydrogens (tertiary/aromatic N) is 1. The summed E-state index contributed by atoms with van der Waals surface area (Å²) in [6, 6.07) is 21.7. The second kappa shape index (κ2) is 8.49. The highest BCUT2D eigenvalue weighted by Crippen LogP contribution is 2.26. The fraction of sp³-hybridized carbons (Fsp3) is 0.179. The summed E-state index contributed by atoms with van der Waals surface area (Å²) in [5, 5.41) is 7.72. The fourth-order valence-corrected chi connectivity index (χ4v) is 5.33. The van der Waals surface area contributed by atoms with Crippen LogP contribution < -0.4 is 10.4 Å². The molecule has 3 aliphatic rings. The Kier molecular flexibility index (Phi) is 5.42. The van der Waals surface area contributed by atoms with Gasteiger partial charge in [-0.1, -0.05) is 85.4 Å². The third-order valence-electron chi connectivity index (χ3n) is 6.00. The van der Waals surface area contributed by atoms with Gasteiger partial charge in [-0.3, -0.25) is 4.99 Å². The Balaban J connectivity index is 0.000000149. The van der Waals surface area contributed by atoms with Crippen LogP contribution in [-0.2, 0) is 6.42 Å². The molecule has 3 aromatic rings. The van der Waals surface area contributed by atoms with Crippen LogP contribution in [0.3, 0.4) is 0 Å². The van der Waals surface area contributed by atoms with Crippen molar-refractivity contribution < 1.29 is 0 Å². The molecular weight excluding hydrogens is 382 g/mol. The van der Waals surface area contributed by atoms with E-state index in [0.717, 1.165) is 0 Å². The first kappa shape index (κ1) is 19.1. The zero-order valence-electron chi connectivity index (χ0n) is 17.2. The molecule has 0 amide bonds. The number of fused-ring (bicyclic) bond motifs is 5. The summed E-state index contributed by atoms with van der Waals surface area (Å²) in [6.45, 7) is 2.34. The van der Waals surface area contributed by atoms with Gasteiger partial charge in [0, 0.05) is 28.8 Å². The van der Waals surface area contributed by atoms with Gasteiger partial charge < -0.3 is 0 Å². The molecule has 0 aromatic heterocycles. The second-order valence-corrected chi connectivity index (χ2v) is 8.90. The average molecular weight is 408 g/mol. The summed E-state index contributed by atoms with van der Waals surface area (Å²) < 4.78 is 0. The van der Waals surface area contributed by atoms with Gasteiger partial charge in [0.05, 0.1) is 0 Å². The SMILES string of the molecule is C1=CSc2ccccc2C=N1.CC1C=c2ccccc2=c2ccc3c(c21)CCCC=3. The summed E-state index contributed by atoms with van der Waals surface area (Å²) in [5.74, 6) is 0.534. The number of aliphatic imine (C=N–C) groups is 1. The molecule has 0 spiro atoms. The van der Waals surface area contributed by atoms with Crippen LogP contribution in [0.2, 0.25) is 0 Å². The lowest BCUT2D eigenvalue weighted by molar-refractivity contribution is 0.808. The van der Waals surface area contributed by atoms with Crippen LogP contribution in [0.5, 0.6) is 0 Å². The van der Waals surface area contributed by atoms with Crippen molar-refractivity contribution in [2.45, 2.75) is 37.0 Å². The molecule has 2 heteroatoms. The molecule has 30 heavy (non-hydrogen) atoms. The van der Waals surface area contributed by atoms with Gasteiger partial charge in [-0.15, -0.1) is 0 Å². The maximum absolute atomic E-state index is 4.09. The molecule has 1 aliphatic heterocycles. The van der Waals surface area contributed by atoms with Gasteiger partial charge in [0.15, 0.2) is 0 Å². The van der Waals surface area contributed by atoms with E-state index < -0.39 is 0 Å². The molecular formula is C28H25NS. The van der Waals surface area contributed by atoms with Crippen molar-refractivity contribution in [2.24, 2.45) is 4.99 Å². The molecule has 0 bridgehead atoms. The lowest BCUT2D eigenvalue weighted by Crippen LogP contribution is -2.21. The first-order valence-corrected chi connectivity index (χ1v) is 11.6. The lowest BCUT2D eigenvalue weighted by Gasteiger charge is -2.20. The number of hydrogen-bond acceptors (Lipinski definition) is 2. The molecule has 1 nitrogen and oxygen atoms in total. The second-order valence-electron chi connectivity index (χ2n) is 7.95. The third kappa shape index (κ3) is 3.68. The van der Waals surface area contributed by atoms with E-state index in [9.17, 15) is 0 Å². The number of hydrogen-bond donors (Lipinski definition) is 0. The predicted molar refractivity (Wildman–Crippen MR) is 129 cm³/mol. The monoisotopic (exact) mass is 407 g/mol. The van der Waals surface area contributed by atoms with Crippen molar-refractivity contribution in [1.82, 2.24) is 0 Å². The van der Waals surface area contributed by atoms with E-state index in [1.807, 2.05) is 30.0 Å². The zero-order chi connectivity index (χ0) is 20.3.